The molecule has 0 aliphatic carbocycles. The van der Waals surface area contributed by atoms with Crippen molar-refractivity contribution in [3.8, 4) is 0 Å². The van der Waals surface area contributed by atoms with Gasteiger partial charge in [-0.05, 0) is 41.3 Å². The van der Waals surface area contributed by atoms with Crippen molar-refractivity contribution in [1.82, 2.24) is 9.62 Å². The van der Waals surface area contributed by atoms with E-state index in [9.17, 15) is 13.2 Å². The number of benzene rings is 3. The zero-order chi connectivity index (χ0) is 22.8. The number of amides is 1. The van der Waals surface area contributed by atoms with Gasteiger partial charge in [-0.2, -0.15) is 4.31 Å². The fourth-order valence-electron chi connectivity index (χ4n) is 4.28. The molecule has 0 atom stereocenters. The third-order valence-corrected chi connectivity index (χ3v) is 8.34. The molecule has 0 spiro atoms. The van der Waals surface area contributed by atoms with Crippen molar-refractivity contribution in [3.63, 3.8) is 0 Å². The van der Waals surface area contributed by atoms with Crippen molar-refractivity contribution in [3.05, 3.63) is 78.4 Å². The second kappa shape index (κ2) is 9.04. The van der Waals surface area contributed by atoms with Gasteiger partial charge >= 0.3 is 0 Å². The van der Waals surface area contributed by atoms with E-state index in [0.717, 1.165) is 10.8 Å². The monoisotopic (exact) mass is 450 g/mol. The molecule has 6 heteroatoms. The van der Waals surface area contributed by atoms with Gasteiger partial charge < -0.3 is 5.32 Å². The lowest BCUT2D eigenvalue weighted by Gasteiger charge is -2.32. The number of rotatable bonds is 6. The smallest absolute Gasteiger partial charge is 0.243 e. The summed E-state index contributed by atoms with van der Waals surface area (Å²) in [6, 6.07) is 23.1. The van der Waals surface area contributed by atoms with Crippen molar-refractivity contribution in [2.75, 3.05) is 19.6 Å². The molecule has 1 fully saturated rings. The molecular weight excluding hydrogens is 420 g/mol. The summed E-state index contributed by atoms with van der Waals surface area (Å²) >= 11 is 0. The Morgan fingerprint density at radius 2 is 1.56 bits per heavy atom. The molecular formula is C26H30N2O3S. The lowest BCUT2D eigenvalue weighted by atomic mass is 9.84. The van der Waals surface area contributed by atoms with E-state index in [-0.39, 0.29) is 17.2 Å². The summed E-state index contributed by atoms with van der Waals surface area (Å²) in [6.45, 7) is 5.48. The third-order valence-electron chi connectivity index (χ3n) is 6.44. The minimum atomic E-state index is -3.57. The molecule has 4 rings (SSSR count). The minimum Gasteiger partial charge on any atom is -0.355 e. The van der Waals surface area contributed by atoms with Gasteiger partial charge in [0, 0.05) is 31.0 Å². The van der Waals surface area contributed by atoms with Crippen LogP contribution in [-0.4, -0.2) is 38.3 Å². The van der Waals surface area contributed by atoms with Crippen LogP contribution in [0.1, 0.15) is 32.3 Å². The van der Waals surface area contributed by atoms with E-state index in [2.05, 4.69) is 31.3 Å². The largest absolute Gasteiger partial charge is 0.355 e. The molecule has 32 heavy (non-hydrogen) atoms. The Morgan fingerprint density at radius 1 is 0.938 bits per heavy atom. The van der Waals surface area contributed by atoms with Gasteiger partial charge in [-0.15, -0.1) is 0 Å². The van der Waals surface area contributed by atoms with Crippen LogP contribution in [0, 0.1) is 5.92 Å². The first-order valence-corrected chi connectivity index (χ1v) is 12.5. The van der Waals surface area contributed by atoms with E-state index in [1.54, 1.807) is 12.1 Å². The van der Waals surface area contributed by atoms with Crippen LogP contribution >= 0.6 is 0 Å². The summed E-state index contributed by atoms with van der Waals surface area (Å²) in [4.78, 5) is 13.1. The molecule has 0 aromatic heterocycles. The predicted molar refractivity (Wildman–Crippen MR) is 128 cm³/mol. The van der Waals surface area contributed by atoms with E-state index in [1.165, 1.54) is 9.87 Å². The number of fused-ring (bicyclic) bond motifs is 1. The van der Waals surface area contributed by atoms with Crippen LogP contribution in [0.4, 0.5) is 0 Å². The van der Waals surface area contributed by atoms with Gasteiger partial charge in [-0.25, -0.2) is 8.42 Å². The van der Waals surface area contributed by atoms with Gasteiger partial charge in [-0.3, -0.25) is 4.79 Å². The standard InChI is InChI=1S/C26H30N2O3S/c1-26(2,23-10-4-3-5-11-23)19-27-25(29)21-14-16-28(17-15-21)32(30,31)24-13-12-20-8-6-7-9-22(20)18-24/h3-13,18,21H,14-17,19H2,1-2H3,(H,27,29). The second-order valence-corrected chi connectivity index (χ2v) is 11.1. The zero-order valence-corrected chi connectivity index (χ0v) is 19.4. The highest BCUT2D eigenvalue weighted by Gasteiger charge is 2.33. The van der Waals surface area contributed by atoms with Gasteiger partial charge in [0.2, 0.25) is 15.9 Å². The maximum atomic E-state index is 13.1. The molecule has 168 valence electrons. The SMILES string of the molecule is CC(C)(CNC(=O)C1CCN(S(=O)(=O)c2ccc3ccccc3c2)CC1)c1ccccc1. The number of piperidine rings is 1. The topological polar surface area (TPSA) is 66.5 Å². The Hall–Kier alpha value is -2.70. The average molecular weight is 451 g/mol. The normalized spacial score (nSPS) is 16.2. The minimum absolute atomic E-state index is 0.0109. The third kappa shape index (κ3) is 4.71. The first kappa shape index (κ1) is 22.5. The molecule has 1 heterocycles. The van der Waals surface area contributed by atoms with Gasteiger partial charge in [-0.1, -0.05) is 74.5 Å². The number of nitrogens with zero attached hydrogens (tertiary/aromatic N) is 1. The van der Waals surface area contributed by atoms with Crippen molar-refractivity contribution >= 4 is 26.7 Å². The molecule has 3 aromatic carbocycles. The van der Waals surface area contributed by atoms with Crippen molar-refractivity contribution < 1.29 is 13.2 Å². The van der Waals surface area contributed by atoms with Gasteiger partial charge in [0.05, 0.1) is 4.90 Å². The summed E-state index contributed by atoms with van der Waals surface area (Å²) in [5.74, 6) is -0.151. The Labute approximate surface area is 190 Å². The maximum absolute atomic E-state index is 13.1. The van der Waals surface area contributed by atoms with Crippen LogP contribution in [0.3, 0.4) is 0 Å². The highest BCUT2D eigenvalue weighted by Crippen LogP contribution is 2.27. The molecule has 0 saturated carbocycles. The summed E-state index contributed by atoms with van der Waals surface area (Å²) < 4.78 is 27.8. The van der Waals surface area contributed by atoms with Gasteiger partial charge in [0.25, 0.3) is 0 Å². The fraction of sp³-hybridized carbons (Fsp3) is 0.346. The number of hydrogen-bond acceptors (Lipinski definition) is 3. The predicted octanol–water partition coefficient (Wildman–Crippen LogP) is 4.33. The fourth-order valence-corrected chi connectivity index (χ4v) is 5.78. The number of carbonyl (C=O) groups is 1. The van der Waals surface area contributed by atoms with Crippen molar-refractivity contribution in [2.45, 2.75) is 37.0 Å². The number of carbonyl (C=O) groups excluding carboxylic acids is 1. The van der Waals surface area contributed by atoms with Crippen molar-refractivity contribution in [2.24, 2.45) is 5.92 Å². The molecule has 1 aliphatic heterocycles. The Balaban J connectivity index is 1.36. The first-order chi connectivity index (χ1) is 15.3. The molecule has 1 aliphatic rings. The average Bonchev–Trinajstić information content (AvgIpc) is 2.83. The van der Waals surface area contributed by atoms with E-state index in [4.69, 9.17) is 0 Å². The maximum Gasteiger partial charge on any atom is 0.243 e. The molecule has 3 aromatic rings. The van der Waals surface area contributed by atoms with Gasteiger partial charge in [0.15, 0.2) is 0 Å². The van der Waals surface area contributed by atoms with E-state index < -0.39 is 10.0 Å². The van der Waals surface area contributed by atoms with Crippen LogP contribution in [0.2, 0.25) is 0 Å². The summed E-state index contributed by atoms with van der Waals surface area (Å²) in [5.41, 5.74) is 1.01. The quantitative estimate of drug-likeness (QED) is 0.608. The van der Waals surface area contributed by atoms with Crippen LogP contribution in [-0.2, 0) is 20.2 Å². The van der Waals surface area contributed by atoms with Crippen molar-refractivity contribution in [1.29, 1.82) is 0 Å². The molecule has 0 radical (unpaired) electrons. The van der Waals surface area contributed by atoms with E-state index >= 15 is 0 Å². The number of hydrogen-bond donors (Lipinski definition) is 1. The zero-order valence-electron chi connectivity index (χ0n) is 18.6. The Kier molecular flexibility index (Phi) is 6.35. The molecule has 0 unspecified atom stereocenters. The van der Waals surface area contributed by atoms with E-state index in [1.807, 2.05) is 48.5 Å². The van der Waals surface area contributed by atoms with E-state index in [0.29, 0.717) is 37.4 Å². The second-order valence-electron chi connectivity index (χ2n) is 9.16. The Bertz CT molecular complexity index is 1200. The van der Waals surface area contributed by atoms with Crippen LogP contribution in [0.15, 0.2) is 77.7 Å². The molecule has 1 N–H and O–H groups in total. The number of sulfonamides is 1. The lowest BCUT2D eigenvalue weighted by molar-refractivity contribution is -0.126. The summed E-state index contributed by atoms with van der Waals surface area (Å²) in [6.07, 6.45) is 1.06. The first-order valence-electron chi connectivity index (χ1n) is 11.1. The highest BCUT2D eigenvalue weighted by atomic mass is 32.2. The van der Waals surface area contributed by atoms with Crippen LogP contribution in [0.5, 0.6) is 0 Å². The van der Waals surface area contributed by atoms with Crippen LogP contribution < -0.4 is 5.32 Å². The molecule has 1 saturated heterocycles. The molecule has 1 amide bonds. The molecule has 0 bridgehead atoms. The lowest BCUT2D eigenvalue weighted by Crippen LogP contribution is -2.45. The van der Waals surface area contributed by atoms with Gasteiger partial charge in [0.1, 0.15) is 0 Å². The summed E-state index contributed by atoms with van der Waals surface area (Å²) in [7, 11) is -3.57. The Morgan fingerprint density at radius 3 is 2.25 bits per heavy atom. The highest BCUT2D eigenvalue weighted by molar-refractivity contribution is 7.89. The molecule has 5 nitrogen and oxygen atoms in total. The summed E-state index contributed by atoms with van der Waals surface area (Å²) in [5, 5.41) is 5.01. The van der Waals surface area contributed by atoms with Crippen LogP contribution in [0.25, 0.3) is 10.8 Å². The number of nitrogens with one attached hydrogen (secondary N) is 1.